The molecule has 7 nitrogen and oxygen atoms in total. The maximum Gasteiger partial charge on any atom is 0.227 e. The molecular weight excluding hydrogens is 364 g/mol. The fourth-order valence-corrected chi connectivity index (χ4v) is 4.96. The fraction of sp³-hybridized carbons (Fsp3) is 0.684. The lowest BCUT2D eigenvalue weighted by atomic mass is 9.96. The summed E-state index contributed by atoms with van der Waals surface area (Å²) in [5.74, 6) is -0.200. The Kier molecular flexibility index (Phi) is 6.83. The van der Waals surface area contributed by atoms with Crippen molar-refractivity contribution in [2.45, 2.75) is 44.7 Å². The number of rotatable bonds is 5. The van der Waals surface area contributed by atoms with Gasteiger partial charge in [-0.1, -0.05) is 6.07 Å². The van der Waals surface area contributed by atoms with Crippen LogP contribution in [0.5, 0.6) is 0 Å². The molecule has 2 aliphatic heterocycles. The van der Waals surface area contributed by atoms with Crippen molar-refractivity contribution < 1.29 is 13.2 Å². The molecule has 150 valence electrons. The number of nitrogens with one attached hydrogen (secondary N) is 1. The number of hydrogen-bond acceptors (Lipinski definition) is 5. The molecule has 0 bridgehead atoms. The van der Waals surface area contributed by atoms with Crippen LogP contribution in [0.3, 0.4) is 0 Å². The summed E-state index contributed by atoms with van der Waals surface area (Å²) in [7, 11) is -3.27. The molecule has 0 aliphatic carbocycles. The van der Waals surface area contributed by atoms with Gasteiger partial charge in [0.05, 0.1) is 24.4 Å². The summed E-state index contributed by atoms with van der Waals surface area (Å²) in [4.78, 5) is 19.8. The number of carbonyl (C=O) groups excluding carboxylic acids is 1. The van der Waals surface area contributed by atoms with Crippen molar-refractivity contribution in [1.29, 1.82) is 0 Å². The predicted molar refractivity (Wildman–Crippen MR) is 104 cm³/mol. The van der Waals surface area contributed by atoms with E-state index in [2.05, 4.69) is 10.3 Å². The first-order chi connectivity index (χ1) is 12.9. The lowest BCUT2D eigenvalue weighted by Crippen LogP contribution is -2.49. The third-order valence-electron chi connectivity index (χ3n) is 5.53. The first kappa shape index (κ1) is 20.2. The second-order valence-corrected chi connectivity index (χ2v) is 9.56. The molecule has 3 rings (SSSR count). The van der Waals surface area contributed by atoms with Gasteiger partial charge >= 0.3 is 0 Å². The molecule has 1 N–H and O–H groups in total. The van der Waals surface area contributed by atoms with Crippen molar-refractivity contribution in [1.82, 2.24) is 19.5 Å². The Bertz CT molecular complexity index is 718. The van der Waals surface area contributed by atoms with Gasteiger partial charge < -0.3 is 10.2 Å². The van der Waals surface area contributed by atoms with Crippen LogP contribution in [0.2, 0.25) is 0 Å². The highest BCUT2D eigenvalue weighted by Gasteiger charge is 2.35. The van der Waals surface area contributed by atoms with Crippen molar-refractivity contribution in [3.05, 3.63) is 30.1 Å². The number of aromatic nitrogens is 1. The lowest BCUT2D eigenvalue weighted by Gasteiger charge is -2.37. The Balaban J connectivity index is 1.79. The van der Waals surface area contributed by atoms with Gasteiger partial charge in [0, 0.05) is 25.3 Å². The minimum absolute atomic E-state index is 0.0703. The zero-order valence-corrected chi connectivity index (χ0v) is 16.8. The summed E-state index contributed by atoms with van der Waals surface area (Å²) in [6.45, 7) is 3.17. The van der Waals surface area contributed by atoms with Crippen molar-refractivity contribution in [2.75, 3.05) is 32.4 Å². The van der Waals surface area contributed by atoms with Crippen LogP contribution >= 0.6 is 0 Å². The first-order valence-electron chi connectivity index (χ1n) is 9.81. The van der Waals surface area contributed by atoms with Crippen LogP contribution in [0.4, 0.5) is 0 Å². The molecule has 1 amide bonds. The summed E-state index contributed by atoms with van der Waals surface area (Å²) in [6.07, 6.45) is 7.37. The number of carbonyl (C=O) groups is 1. The summed E-state index contributed by atoms with van der Waals surface area (Å²) >= 11 is 0. The van der Waals surface area contributed by atoms with E-state index in [1.807, 2.05) is 23.1 Å². The van der Waals surface area contributed by atoms with E-state index in [4.69, 9.17) is 0 Å². The monoisotopic (exact) mass is 394 g/mol. The molecular formula is C19H30N4O3S. The zero-order chi connectivity index (χ0) is 19.3. The minimum Gasteiger partial charge on any atom is -0.333 e. The molecule has 2 aliphatic rings. The van der Waals surface area contributed by atoms with E-state index in [1.54, 1.807) is 6.20 Å². The van der Waals surface area contributed by atoms with E-state index in [-0.39, 0.29) is 17.9 Å². The number of hydrogen-bond donors (Lipinski definition) is 1. The van der Waals surface area contributed by atoms with E-state index in [0.29, 0.717) is 19.6 Å². The molecule has 1 aromatic heterocycles. The smallest absolute Gasteiger partial charge is 0.227 e. The topological polar surface area (TPSA) is 82.6 Å². The SMILES string of the molecule is CS(=O)(=O)N1CCC[C@H](C(=O)N(Cc2ccccn2)C2CCCNCC2)C1. The van der Waals surface area contributed by atoms with Gasteiger partial charge in [0.1, 0.15) is 0 Å². The fourth-order valence-electron chi connectivity index (χ4n) is 4.05. The molecule has 1 unspecified atom stereocenters. The quantitative estimate of drug-likeness (QED) is 0.812. The number of amides is 1. The third kappa shape index (κ3) is 5.49. The van der Waals surface area contributed by atoms with Gasteiger partial charge in [-0.3, -0.25) is 9.78 Å². The predicted octanol–water partition coefficient (Wildman–Crippen LogP) is 1.22. The van der Waals surface area contributed by atoms with E-state index < -0.39 is 10.0 Å². The van der Waals surface area contributed by atoms with Crippen LogP contribution in [-0.2, 0) is 21.4 Å². The highest BCUT2D eigenvalue weighted by atomic mass is 32.2. The molecule has 3 heterocycles. The largest absolute Gasteiger partial charge is 0.333 e. The second-order valence-electron chi connectivity index (χ2n) is 7.58. The average Bonchev–Trinajstić information content (AvgIpc) is 2.95. The minimum atomic E-state index is -3.27. The lowest BCUT2D eigenvalue weighted by molar-refractivity contribution is -0.140. The summed E-state index contributed by atoms with van der Waals surface area (Å²) < 4.78 is 25.3. The van der Waals surface area contributed by atoms with Crippen molar-refractivity contribution in [3.63, 3.8) is 0 Å². The van der Waals surface area contributed by atoms with Crippen molar-refractivity contribution in [3.8, 4) is 0 Å². The molecule has 2 saturated heterocycles. The molecule has 0 aromatic carbocycles. The number of piperidine rings is 1. The maximum atomic E-state index is 13.4. The molecule has 27 heavy (non-hydrogen) atoms. The average molecular weight is 395 g/mol. The highest BCUT2D eigenvalue weighted by Crippen LogP contribution is 2.25. The van der Waals surface area contributed by atoms with E-state index in [0.717, 1.165) is 50.9 Å². The van der Waals surface area contributed by atoms with Gasteiger partial charge in [-0.25, -0.2) is 12.7 Å². The van der Waals surface area contributed by atoms with Crippen LogP contribution in [0, 0.1) is 5.92 Å². The Morgan fingerprint density at radius 2 is 2.11 bits per heavy atom. The van der Waals surface area contributed by atoms with Gasteiger partial charge in [-0.15, -0.1) is 0 Å². The van der Waals surface area contributed by atoms with Crippen molar-refractivity contribution in [2.24, 2.45) is 5.92 Å². The normalized spacial score (nSPS) is 24.9. The Morgan fingerprint density at radius 3 is 2.85 bits per heavy atom. The van der Waals surface area contributed by atoms with E-state index in [9.17, 15) is 13.2 Å². The van der Waals surface area contributed by atoms with Gasteiger partial charge in [-0.05, 0) is 57.3 Å². The standard InChI is InChI=1S/C19H30N4O3S/c1-27(25,26)22-13-5-6-16(14-22)19(24)23(15-17-7-2-3-11-21-17)18-8-4-10-20-12-9-18/h2-3,7,11,16,18,20H,4-6,8-10,12-15H2,1H3/t16-,18?/m0/s1. The molecule has 0 spiro atoms. The van der Waals surface area contributed by atoms with Gasteiger partial charge in [0.2, 0.25) is 15.9 Å². The summed E-state index contributed by atoms with van der Waals surface area (Å²) in [5, 5.41) is 3.40. The van der Waals surface area contributed by atoms with Crippen LogP contribution < -0.4 is 5.32 Å². The molecule has 8 heteroatoms. The van der Waals surface area contributed by atoms with Crippen molar-refractivity contribution >= 4 is 15.9 Å². The third-order valence-corrected chi connectivity index (χ3v) is 6.80. The Hall–Kier alpha value is -1.51. The van der Waals surface area contributed by atoms with Gasteiger partial charge in [0.25, 0.3) is 0 Å². The van der Waals surface area contributed by atoms with E-state index in [1.165, 1.54) is 10.6 Å². The van der Waals surface area contributed by atoms with Crippen LogP contribution in [0.1, 0.15) is 37.8 Å². The maximum absolute atomic E-state index is 13.4. The molecule has 2 atom stereocenters. The molecule has 0 saturated carbocycles. The van der Waals surface area contributed by atoms with Crippen LogP contribution in [0.25, 0.3) is 0 Å². The Morgan fingerprint density at radius 1 is 1.26 bits per heavy atom. The number of nitrogens with zero attached hydrogens (tertiary/aromatic N) is 3. The van der Waals surface area contributed by atoms with Crippen LogP contribution in [0.15, 0.2) is 24.4 Å². The first-order valence-corrected chi connectivity index (χ1v) is 11.7. The number of pyridine rings is 1. The summed E-state index contributed by atoms with van der Waals surface area (Å²) in [5.41, 5.74) is 0.874. The number of sulfonamides is 1. The molecule has 2 fully saturated rings. The summed E-state index contributed by atoms with van der Waals surface area (Å²) in [6, 6.07) is 5.92. The van der Waals surface area contributed by atoms with Gasteiger partial charge in [0.15, 0.2) is 0 Å². The second kappa shape index (κ2) is 9.12. The Labute approximate surface area is 162 Å². The molecule has 1 aromatic rings. The van der Waals surface area contributed by atoms with Gasteiger partial charge in [-0.2, -0.15) is 0 Å². The van der Waals surface area contributed by atoms with E-state index >= 15 is 0 Å². The van der Waals surface area contributed by atoms with Crippen LogP contribution in [-0.4, -0.2) is 67.0 Å². The highest BCUT2D eigenvalue weighted by molar-refractivity contribution is 7.88. The zero-order valence-electron chi connectivity index (χ0n) is 16.0. The molecule has 0 radical (unpaired) electrons.